The van der Waals surface area contributed by atoms with Crippen molar-refractivity contribution in [2.24, 2.45) is 0 Å². The van der Waals surface area contributed by atoms with Gasteiger partial charge in [0.1, 0.15) is 0 Å². The molecule has 3 aromatic rings. The second-order valence-electron chi connectivity index (χ2n) is 8.33. The van der Waals surface area contributed by atoms with Crippen molar-refractivity contribution in [3.8, 4) is 23.0 Å². The van der Waals surface area contributed by atoms with Crippen LogP contribution in [0.2, 0.25) is 0 Å². The van der Waals surface area contributed by atoms with Crippen molar-refractivity contribution in [2.75, 3.05) is 14.2 Å². The monoisotopic (exact) mass is 472 g/mol. The number of aromatic hydroxyl groups is 2. The van der Waals surface area contributed by atoms with Crippen LogP contribution in [-0.4, -0.2) is 34.6 Å². The molecule has 0 aliphatic rings. The number of ether oxygens (including phenoxy) is 2. The third-order valence-corrected chi connectivity index (χ3v) is 5.50. The molecular formula is C29H32N2O4. The topological polar surface area (TPSA) is 87.6 Å². The summed E-state index contributed by atoms with van der Waals surface area (Å²) in [5.41, 5.74) is 6.01. The summed E-state index contributed by atoms with van der Waals surface area (Å²) in [6, 6.07) is 9.34. The van der Waals surface area contributed by atoms with Gasteiger partial charge in [-0.15, -0.1) is 13.2 Å². The van der Waals surface area contributed by atoms with Crippen molar-refractivity contribution < 1.29 is 19.7 Å². The van der Waals surface area contributed by atoms with Gasteiger partial charge in [0, 0.05) is 5.56 Å². The van der Waals surface area contributed by atoms with Crippen LogP contribution in [0.5, 0.6) is 23.0 Å². The summed E-state index contributed by atoms with van der Waals surface area (Å²) in [6.45, 7) is 9.65. The molecule has 0 radical (unpaired) electrons. The van der Waals surface area contributed by atoms with E-state index in [0.29, 0.717) is 24.3 Å². The van der Waals surface area contributed by atoms with E-state index < -0.39 is 0 Å². The molecule has 1 aromatic heterocycles. The van der Waals surface area contributed by atoms with Crippen LogP contribution in [0.15, 0.2) is 55.1 Å². The number of aryl methyl sites for hydroxylation is 1. The van der Waals surface area contributed by atoms with E-state index >= 15 is 0 Å². The average Bonchev–Trinajstić information content (AvgIpc) is 3.30. The Morgan fingerprint density at radius 1 is 0.914 bits per heavy atom. The maximum Gasteiger partial charge on any atom is 0.161 e. The van der Waals surface area contributed by atoms with Gasteiger partial charge in [0.25, 0.3) is 0 Å². The van der Waals surface area contributed by atoms with Gasteiger partial charge in [0.15, 0.2) is 23.0 Å². The smallest absolute Gasteiger partial charge is 0.161 e. The Hall–Kier alpha value is -4.19. The molecule has 0 fully saturated rings. The van der Waals surface area contributed by atoms with E-state index in [1.54, 1.807) is 25.3 Å². The fraction of sp³-hybridized carbons (Fsp3) is 0.207. The van der Waals surface area contributed by atoms with Crippen LogP contribution in [0.3, 0.4) is 0 Å². The lowest BCUT2D eigenvalue weighted by molar-refractivity contribution is 0.370. The zero-order valence-electron chi connectivity index (χ0n) is 20.5. The molecule has 3 rings (SSSR count). The number of phenols is 2. The van der Waals surface area contributed by atoms with Crippen molar-refractivity contribution in [3.05, 3.63) is 88.8 Å². The molecule has 1 heterocycles. The second-order valence-corrected chi connectivity index (χ2v) is 8.33. The van der Waals surface area contributed by atoms with Crippen LogP contribution in [-0.2, 0) is 12.8 Å². The van der Waals surface area contributed by atoms with Gasteiger partial charge >= 0.3 is 0 Å². The lowest BCUT2D eigenvalue weighted by atomic mass is 10.0. The van der Waals surface area contributed by atoms with Gasteiger partial charge in [0.2, 0.25) is 0 Å². The molecule has 182 valence electrons. The quantitative estimate of drug-likeness (QED) is 0.281. The highest BCUT2D eigenvalue weighted by molar-refractivity contribution is 5.74. The summed E-state index contributed by atoms with van der Waals surface area (Å²) < 4.78 is 10.6. The molecule has 0 aliphatic carbocycles. The van der Waals surface area contributed by atoms with Crippen LogP contribution in [0, 0.1) is 0 Å². The fourth-order valence-corrected chi connectivity index (χ4v) is 3.62. The van der Waals surface area contributed by atoms with Crippen LogP contribution in [0.25, 0.3) is 24.3 Å². The zero-order valence-corrected chi connectivity index (χ0v) is 20.5. The minimum absolute atomic E-state index is 0.132. The molecule has 0 amide bonds. The van der Waals surface area contributed by atoms with Crippen molar-refractivity contribution in [2.45, 2.75) is 26.2 Å². The first-order valence-electron chi connectivity index (χ1n) is 11.3. The van der Waals surface area contributed by atoms with Gasteiger partial charge in [-0.05, 0) is 85.4 Å². The van der Waals surface area contributed by atoms with Gasteiger partial charge in [-0.3, -0.25) is 5.10 Å². The van der Waals surface area contributed by atoms with Gasteiger partial charge in [-0.2, -0.15) is 5.10 Å². The molecule has 2 aromatic carbocycles. The third kappa shape index (κ3) is 6.67. The Morgan fingerprint density at radius 2 is 1.51 bits per heavy atom. The van der Waals surface area contributed by atoms with E-state index in [4.69, 9.17) is 9.47 Å². The second kappa shape index (κ2) is 11.8. The molecule has 3 N–H and O–H groups in total. The molecule has 35 heavy (non-hydrogen) atoms. The lowest BCUT2D eigenvalue weighted by Gasteiger charge is -2.11. The van der Waals surface area contributed by atoms with Crippen LogP contribution >= 0.6 is 0 Å². The fourth-order valence-electron chi connectivity index (χ4n) is 3.62. The molecule has 0 spiro atoms. The number of aromatic amines is 1. The van der Waals surface area contributed by atoms with E-state index in [9.17, 15) is 10.2 Å². The molecule has 0 atom stereocenters. The Morgan fingerprint density at radius 3 is 2.11 bits per heavy atom. The zero-order chi connectivity index (χ0) is 25.4. The van der Waals surface area contributed by atoms with Crippen LogP contribution in [0.1, 0.15) is 47.0 Å². The highest BCUT2D eigenvalue weighted by atomic mass is 16.5. The maximum atomic E-state index is 10.4. The normalized spacial score (nSPS) is 11.3. The molecule has 0 saturated heterocycles. The number of aromatic nitrogens is 2. The molecule has 0 bridgehead atoms. The summed E-state index contributed by atoms with van der Waals surface area (Å²) in [4.78, 5) is 0. The van der Waals surface area contributed by atoms with Crippen molar-refractivity contribution in [1.29, 1.82) is 0 Å². The molecule has 6 heteroatoms. The Bertz CT molecular complexity index is 1270. The van der Waals surface area contributed by atoms with Gasteiger partial charge in [0.05, 0.1) is 25.6 Å². The SMILES string of the molecule is C=CCc1cc(/C=C/c2cc(/C=C/c3cc(CCC(=C)C)c(O)c(OC)c3)n[nH]2)cc(OC)c1O. The maximum absolute atomic E-state index is 10.4. The number of benzene rings is 2. The molecular weight excluding hydrogens is 440 g/mol. The summed E-state index contributed by atoms with van der Waals surface area (Å²) >= 11 is 0. The summed E-state index contributed by atoms with van der Waals surface area (Å²) in [7, 11) is 3.07. The lowest BCUT2D eigenvalue weighted by Crippen LogP contribution is -1.93. The highest BCUT2D eigenvalue weighted by Gasteiger charge is 2.10. The Kier molecular flexibility index (Phi) is 8.57. The van der Waals surface area contributed by atoms with Crippen LogP contribution in [0.4, 0.5) is 0 Å². The van der Waals surface area contributed by atoms with E-state index in [1.165, 1.54) is 7.11 Å². The number of allylic oxidation sites excluding steroid dienone is 2. The predicted octanol–water partition coefficient (Wildman–Crippen LogP) is 6.42. The molecule has 0 unspecified atom stereocenters. The van der Waals surface area contributed by atoms with E-state index in [2.05, 4.69) is 23.4 Å². The highest BCUT2D eigenvalue weighted by Crippen LogP contribution is 2.34. The van der Waals surface area contributed by atoms with E-state index in [1.807, 2.05) is 49.4 Å². The molecule has 0 aliphatic heterocycles. The minimum atomic E-state index is 0.132. The van der Waals surface area contributed by atoms with Crippen molar-refractivity contribution in [3.63, 3.8) is 0 Å². The first-order chi connectivity index (χ1) is 16.8. The number of methoxy groups -OCH3 is 2. The first-order valence-corrected chi connectivity index (χ1v) is 11.3. The van der Waals surface area contributed by atoms with Gasteiger partial charge < -0.3 is 19.7 Å². The molecule has 0 saturated carbocycles. The summed E-state index contributed by atoms with van der Waals surface area (Å²) in [5.74, 6) is 1.16. The summed E-state index contributed by atoms with van der Waals surface area (Å²) in [5, 5.41) is 28.0. The Balaban J connectivity index is 1.78. The Labute approximate surface area is 206 Å². The third-order valence-electron chi connectivity index (χ3n) is 5.50. The number of hydrogen-bond donors (Lipinski definition) is 3. The van der Waals surface area contributed by atoms with Crippen molar-refractivity contribution in [1.82, 2.24) is 10.2 Å². The van der Waals surface area contributed by atoms with E-state index in [0.717, 1.165) is 45.6 Å². The standard InChI is InChI=1S/C29H32N2O4/c1-6-7-22-14-20(16-26(34-4)28(22)32)9-12-24-18-25(31-30-24)13-10-21-15-23(11-8-19(2)3)29(33)27(17-21)35-5/h6,9-10,12-18,32-33H,1-2,7-8,11H2,3-5H3,(H,30,31)/b12-9+,13-10+. The van der Waals surface area contributed by atoms with Crippen molar-refractivity contribution >= 4 is 24.3 Å². The number of nitrogens with one attached hydrogen (secondary N) is 1. The molecule has 6 nitrogen and oxygen atoms in total. The first kappa shape index (κ1) is 25.4. The number of nitrogens with zero attached hydrogens (tertiary/aromatic N) is 1. The van der Waals surface area contributed by atoms with Crippen LogP contribution < -0.4 is 9.47 Å². The average molecular weight is 473 g/mol. The van der Waals surface area contributed by atoms with Gasteiger partial charge in [-0.25, -0.2) is 0 Å². The summed E-state index contributed by atoms with van der Waals surface area (Å²) in [6.07, 6.45) is 11.4. The van der Waals surface area contributed by atoms with E-state index in [-0.39, 0.29) is 11.5 Å². The largest absolute Gasteiger partial charge is 0.504 e. The van der Waals surface area contributed by atoms with Gasteiger partial charge in [-0.1, -0.05) is 23.8 Å². The minimum Gasteiger partial charge on any atom is -0.504 e. The number of phenolic OH excluding ortho intramolecular Hbond substituents is 2. The number of hydrogen-bond acceptors (Lipinski definition) is 5. The predicted molar refractivity (Wildman–Crippen MR) is 143 cm³/mol. The number of H-pyrrole nitrogens is 1. The number of rotatable bonds is 11.